The first-order chi connectivity index (χ1) is 14.2. The summed E-state index contributed by atoms with van der Waals surface area (Å²) in [7, 11) is 0. The number of esters is 1. The molecule has 0 aromatic rings. The molecular formula is C21H26O9. The molecule has 1 spiro atoms. The highest BCUT2D eigenvalue weighted by Crippen LogP contribution is 2.51. The van der Waals surface area contributed by atoms with Crippen LogP contribution in [-0.4, -0.2) is 81.7 Å². The number of rotatable bonds is 4. The molecule has 9 nitrogen and oxygen atoms in total. The maximum atomic E-state index is 12.8. The van der Waals surface area contributed by atoms with E-state index in [0.717, 1.165) is 0 Å². The van der Waals surface area contributed by atoms with Gasteiger partial charge in [-0.05, 0) is 42.9 Å². The quantitative estimate of drug-likeness (QED) is 0.341. The zero-order chi connectivity index (χ0) is 21.8. The summed E-state index contributed by atoms with van der Waals surface area (Å²) in [4.78, 5) is 25.2. The molecule has 2 fully saturated rings. The number of aliphatic hydroxyl groups is 4. The van der Waals surface area contributed by atoms with Gasteiger partial charge in [-0.2, -0.15) is 0 Å². The monoisotopic (exact) mass is 422 g/mol. The predicted molar refractivity (Wildman–Crippen MR) is 101 cm³/mol. The Morgan fingerprint density at radius 2 is 1.97 bits per heavy atom. The Morgan fingerprint density at radius 1 is 1.23 bits per heavy atom. The highest BCUT2D eigenvalue weighted by Gasteiger charge is 2.55. The topological polar surface area (TPSA) is 143 Å². The highest BCUT2D eigenvalue weighted by molar-refractivity contribution is 6.11. The molecule has 0 aromatic heterocycles. The molecule has 0 aromatic carbocycles. The van der Waals surface area contributed by atoms with Crippen LogP contribution in [0.3, 0.4) is 0 Å². The van der Waals surface area contributed by atoms with Gasteiger partial charge in [-0.15, -0.1) is 0 Å². The summed E-state index contributed by atoms with van der Waals surface area (Å²) in [5.74, 6) is -0.886. The predicted octanol–water partition coefficient (Wildman–Crippen LogP) is -0.720. The first-order valence-corrected chi connectivity index (χ1v) is 9.99. The van der Waals surface area contributed by atoms with Gasteiger partial charge in [0.1, 0.15) is 24.4 Å². The van der Waals surface area contributed by atoms with Crippen molar-refractivity contribution in [1.82, 2.24) is 0 Å². The lowest BCUT2D eigenvalue weighted by molar-refractivity contribution is -0.299. The molecule has 4 aliphatic rings. The summed E-state index contributed by atoms with van der Waals surface area (Å²) in [6.07, 6.45) is -4.02. The van der Waals surface area contributed by atoms with Crippen LogP contribution in [0.4, 0.5) is 0 Å². The largest absolute Gasteiger partial charge is 0.446 e. The molecule has 2 bridgehead atoms. The molecule has 4 rings (SSSR count). The Labute approximate surface area is 173 Å². The van der Waals surface area contributed by atoms with E-state index in [1.165, 1.54) is 6.08 Å². The third-order valence-electron chi connectivity index (χ3n) is 6.61. The van der Waals surface area contributed by atoms with Gasteiger partial charge in [0, 0.05) is 17.6 Å². The maximum absolute atomic E-state index is 12.8. The first kappa shape index (κ1) is 21.4. The van der Waals surface area contributed by atoms with Crippen LogP contribution in [-0.2, 0) is 23.8 Å². The van der Waals surface area contributed by atoms with Crippen molar-refractivity contribution in [1.29, 1.82) is 0 Å². The van der Waals surface area contributed by atoms with E-state index in [-0.39, 0.29) is 18.3 Å². The first-order valence-electron chi connectivity index (χ1n) is 9.99. The van der Waals surface area contributed by atoms with Gasteiger partial charge >= 0.3 is 5.97 Å². The van der Waals surface area contributed by atoms with Crippen molar-refractivity contribution in [2.45, 2.75) is 62.5 Å². The Morgan fingerprint density at radius 3 is 2.67 bits per heavy atom. The van der Waals surface area contributed by atoms with E-state index < -0.39 is 48.9 Å². The number of allylic oxidation sites excluding steroid dienone is 1. The molecule has 2 aliphatic heterocycles. The van der Waals surface area contributed by atoms with Crippen LogP contribution < -0.4 is 0 Å². The third kappa shape index (κ3) is 3.17. The lowest BCUT2D eigenvalue weighted by Gasteiger charge is -2.40. The fourth-order valence-electron chi connectivity index (χ4n) is 4.82. The van der Waals surface area contributed by atoms with E-state index in [1.54, 1.807) is 6.92 Å². The zero-order valence-electron chi connectivity index (χ0n) is 16.6. The number of hydrogen-bond acceptors (Lipinski definition) is 9. The lowest BCUT2D eigenvalue weighted by atomic mass is 9.78. The second-order valence-electron chi connectivity index (χ2n) is 8.36. The number of ketones is 1. The van der Waals surface area contributed by atoms with Gasteiger partial charge in [0.25, 0.3) is 0 Å². The minimum Gasteiger partial charge on any atom is -0.446 e. The van der Waals surface area contributed by atoms with Gasteiger partial charge < -0.3 is 34.6 Å². The number of aliphatic hydroxyl groups excluding tert-OH is 4. The van der Waals surface area contributed by atoms with Crippen molar-refractivity contribution in [3.05, 3.63) is 34.9 Å². The molecule has 0 saturated carbocycles. The molecule has 9 heteroatoms. The van der Waals surface area contributed by atoms with Crippen molar-refractivity contribution in [3.8, 4) is 0 Å². The molecule has 2 saturated heterocycles. The zero-order valence-corrected chi connectivity index (χ0v) is 16.6. The van der Waals surface area contributed by atoms with Gasteiger partial charge in [-0.1, -0.05) is 6.58 Å². The van der Waals surface area contributed by atoms with Gasteiger partial charge in [-0.3, -0.25) is 4.79 Å². The number of ether oxygens (including phenoxy) is 3. The van der Waals surface area contributed by atoms with E-state index in [4.69, 9.17) is 14.2 Å². The average Bonchev–Trinajstić information content (AvgIpc) is 2.86. The minimum absolute atomic E-state index is 0.108. The third-order valence-corrected chi connectivity index (χ3v) is 6.61. The maximum Gasteiger partial charge on any atom is 0.334 e. The fraction of sp³-hybridized carbons (Fsp3) is 0.619. The molecule has 0 amide bonds. The van der Waals surface area contributed by atoms with Gasteiger partial charge in [0.2, 0.25) is 0 Å². The molecule has 4 N–H and O–H groups in total. The van der Waals surface area contributed by atoms with E-state index >= 15 is 0 Å². The molecular weight excluding hydrogens is 396 g/mol. The van der Waals surface area contributed by atoms with Crippen molar-refractivity contribution in [2.24, 2.45) is 5.92 Å². The standard InChI is InChI=1S/C21H26O9/c1-9-5-13(23)15-12(4-3-11-6-21(9,15)30-19(27)10(11)2)8-28-20-18(26)17(25)16(24)14(7-22)29-20/h5,11,14,16-18,20,22,24-26H,2-4,6-8H2,1H3/t11-,14-,16-,17-,18-,20-,21+/m1/s1. The number of carbonyl (C=O) groups is 2. The summed E-state index contributed by atoms with van der Waals surface area (Å²) in [6.45, 7) is 4.92. The normalized spacial score (nSPS) is 41.4. The van der Waals surface area contributed by atoms with Crippen molar-refractivity contribution in [3.63, 3.8) is 0 Å². The smallest absolute Gasteiger partial charge is 0.334 e. The molecule has 7 atom stereocenters. The van der Waals surface area contributed by atoms with Crippen molar-refractivity contribution < 1.29 is 44.2 Å². The summed E-state index contributed by atoms with van der Waals surface area (Å²) in [5.41, 5.74) is 0.900. The average molecular weight is 422 g/mol. The van der Waals surface area contributed by atoms with Crippen LogP contribution in [0, 0.1) is 5.92 Å². The van der Waals surface area contributed by atoms with E-state index in [0.29, 0.717) is 41.6 Å². The van der Waals surface area contributed by atoms with Crippen LogP contribution in [0.25, 0.3) is 0 Å². The highest BCUT2D eigenvalue weighted by atomic mass is 16.7. The summed E-state index contributed by atoms with van der Waals surface area (Å²) in [6, 6.07) is 0. The van der Waals surface area contributed by atoms with E-state index in [1.807, 2.05) is 0 Å². The van der Waals surface area contributed by atoms with Crippen LogP contribution in [0.2, 0.25) is 0 Å². The molecule has 2 aliphatic carbocycles. The lowest BCUT2D eigenvalue weighted by Crippen LogP contribution is -2.59. The van der Waals surface area contributed by atoms with Gasteiger partial charge in [0.15, 0.2) is 17.7 Å². The molecule has 164 valence electrons. The second kappa shape index (κ2) is 7.67. The van der Waals surface area contributed by atoms with Crippen LogP contribution in [0.5, 0.6) is 0 Å². The summed E-state index contributed by atoms with van der Waals surface area (Å²) >= 11 is 0. The van der Waals surface area contributed by atoms with E-state index in [9.17, 15) is 30.0 Å². The minimum atomic E-state index is -1.56. The molecule has 0 unspecified atom stereocenters. The van der Waals surface area contributed by atoms with Crippen molar-refractivity contribution in [2.75, 3.05) is 13.2 Å². The number of fused-ring (bicyclic) bond motifs is 1. The SMILES string of the molecule is C=C1C(=O)O[C@]23C[C@H]1CCC(CO[C@@H]1O[C@H](CO)[C@@H](O)[C@@H](O)[C@H]1O)=C2C(=O)C=C3C. The van der Waals surface area contributed by atoms with Crippen LogP contribution in [0.15, 0.2) is 34.9 Å². The number of carbonyl (C=O) groups excluding carboxylic acids is 2. The van der Waals surface area contributed by atoms with Crippen LogP contribution in [0.1, 0.15) is 26.2 Å². The molecule has 2 heterocycles. The summed E-state index contributed by atoms with van der Waals surface area (Å²) < 4.78 is 16.8. The second-order valence-corrected chi connectivity index (χ2v) is 8.36. The fourth-order valence-corrected chi connectivity index (χ4v) is 4.82. The molecule has 0 radical (unpaired) electrons. The Hall–Kier alpha value is -1.88. The number of hydrogen-bond donors (Lipinski definition) is 4. The molecule has 30 heavy (non-hydrogen) atoms. The van der Waals surface area contributed by atoms with Gasteiger partial charge in [-0.25, -0.2) is 4.79 Å². The van der Waals surface area contributed by atoms with Gasteiger partial charge in [0.05, 0.1) is 13.2 Å². The van der Waals surface area contributed by atoms with Crippen molar-refractivity contribution >= 4 is 11.8 Å². The Kier molecular flexibility index (Phi) is 5.46. The van der Waals surface area contributed by atoms with E-state index in [2.05, 4.69) is 6.58 Å². The Bertz CT molecular complexity index is 841. The summed E-state index contributed by atoms with van der Waals surface area (Å²) in [5, 5.41) is 39.4. The Balaban J connectivity index is 1.61. The van der Waals surface area contributed by atoms with Crippen LogP contribution >= 0.6 is 0 Å².